The van der Waals surface area contributed by atoms with E-state index in [1.54, 1.807) is 25.4 Å². The Hall–Kier alpha value is -3.64. The minimum Gasteiger partial charge on any atom is -0.490 e. The van der Waals surface area contributed by atoms with E-state index in [1.165, 1.54) is 11.1 Å². The molecule has 0 saturated heterocycles. The summed E-state index contributed by atoms with van der Waals surface area (Å²) in [6.45, 7) is 8.90. The third-order valence-electron chi connectivity index (χ3n) is 13.1. The maximum Gasteiger partial charge on any atom is 0.286 e. The van der Waals surface area contributed by atoms with Crippen molar-refractivity contribution in [2.75, 3.05) is 31.7 Å². The number of aryl methyl sites for hydroxylation is 1. The number of allylic oxidation sites excluding steroid dienone is 1. The van der Waals surface area contributed by atoms with Crippen molar-refractivity contribution in [3.63, 3.8) is 0 Å². The molecule has 5 aliphatic rings. The Morgan fingerprint density at radius 2 is 2.00 bits per heavy atom. The second kappa shape index (κ2) is 15.4. The molecule has 3 aromatic rings. The highest BCUT2D eigenvalue weighted by Crippen LogP contribution is 2.47. The van der Waals surface area contributed by atoms with Gasteiger partial charge in [-0.05, 0) is 117 Å². The maximum atomic E-state index is 15.1. The number of halogens is 1. The summed E-state index contributed by atoms with van der Waals surface area (Å²) in [4.78, 5) is 30.6. The first kappa shape index (κ1) is 38.2. The van der Waals surface area contributed by atoms with Crippen LogP contribution in [0.4, 0.5) is 5.69 Å². The molecule has 1 unspecified atom stereocenters. The predicted octanol–water partition coefficient (Wildman–Crippen LogP) is 7.90. The molecule has 2 amide bonds. The summed E-state index contributed by atoms with van der Waals surface area (Å²) < 4.78 is 43.0. The zero-order valence-electron chi connectivity index (χ0n) is 32.3. The minimum absolute atomic E-state index is 0.0674. The molecule has 55 heavy (non-hydrogen) atoms. The third-order valence-corrected chi connectivity index (χ3v) is 15.7. The fourth-order valence-corrected chi connectivity index (χ4v) is 11.4. The van der Waals surface area contributed by atoms with Crippen LogP contribution < -0.4 is 14.4 Å². The number of carbonyl (C=O) groups excluding carboxylic acids is 2. The van der Waals surface area contributed by atoms with Gasteiger partial charge in [-0.15, -0.1) is 4.36 Å². The molecule has 3 aliphatic heterocycles. The molecule has 1 N–H and O–H groups in total. The van der Waals surface area contributed by atoms with Gasteiger partial charge >= 0.3 is 0 Å². The third kappa shape index (κ3) is 7.38. The molecule has 8 atom stereocenters. The summed E-state index contributed by atoms with van der Waals surface area (Å²) in [5, 5.41) is 0.0892. The smallest absolute Gasteiger partial charge is 0.286 e. The highest BCUT2D eigenvalue weighted by Gasteiger charge is 2.44. The number of benzene rings is 2. The lowest BCUT2D eigenvalue weighted by molar-refractivity contribution is 0.00269. The Bertz CT molecular complexity index is 2120. The molecule has 2 aliphatic carbocycles. The molecule has 0 radical (unpaired) electrons. The molecule has 10 nitrogen and oxygen atoms in total. The number of amides is 2. The second-order valence-electron chi connectivity index (χ2n) is 16.4. The van der Waals surface area contributed by atoms with E-state index in [-0.39, 0.29) is 23.5 Å². The van der Waals surface area contributed by atoms with Gasteiger partial charge in [0.15, 0.2) is 0 Å². The van der Waals surface area contributed by atoms with Crippen molar-refractivity contribution >= 4 is 39.0 Å². The number of nitrogens with one attached hydrogen (secondary N) is 1. The standard InChI is InChI=1S/C43H53ClN4O6S/c1-5-35-23-47-22-32(19-34(47)24-53-35)42(50)46-55(51)28(3)27(2)8-6-10-39(52-4)36-14-11-31(36)21-48-25-43(17-7-9-29-18-33(44)13-15-37(29)43)26-54-40-16-12-30(20-38(40)48)41(49)45-55/h6,10,12-13,15-16,18-20,22,27-28,31,35-36,39H,5,7-9,11,14,17,21,23-26H2,1-4H3,(H,45,46,49,50,51)/b10-6+/t27-,28+,31-,35-,36+,39-,43-,55?/m0/s1. The van der Waals surface area contributed by atoms with E-state index in [0.717, 1.165) is 61.5 Å². The summed E-state index contributed by atoms with van der Waals surface area (Å²) >= 11 is 6.48. The van der Waals surface area contributed by atoms with Crippen LogP contribution in [0, 0.1) is 17.8 Å². The average Bonchev–Trinajstić information content (AvgIpc) is 3.54. The van der Waals surface area contributed by atoms with Crippen LogP contribution in [0.15, 0.2) is 65.2 Å². The highest BCUT2D eigenvalue weighted by molar-refractivity contribution is 7.93. The van der Waals surface area contributed by atoms with Crippen LogP contribution in [0.5, 0.6) is 5.75 Å². The van der Waals surface area contributed by atoms with Gasteiger partial charge in [-0.1, -0.05) is 43.7 Å². The minimum atomic E-state index is -3.62. The molecule has 1 fully saturated rings. The van der Waals surface area contributed by atoms with E-state index in [1.807, 2.05) is 36.6 Å². The lowest BCUT2D eigenvalue weighted by Gasteiger charge is -2.46. The van der Waals surface area contributed by atoms with Crippen molar-refractivity contribution in [2.45, 2.75) is 102 Å². The number of hydrogen-bond donors (Lipinski definition) is 1. The van der Waals surface area contributed by atoms with Crippen molar-refractivity contribution in [3.05, 3.63) is 93.8 Å². The van der Waals surface area contributed by atoms with Crippen LogP contribution in [0.25, 0.3) is 0 Å². The van der Waals surface area contributed by atoms with E-state index in [9.17, 15) is 9.59 Å². The summed E-state index contributed by atoms with van der Waals surface area (Å²) in [5.74, 6) is 0.0757. The first-order valence-corrected chi connectivity index (χ1v) is 21.9. The Morgan fingerprint density at radius 1 is 1.15 bits per heavy atom. The lowest BCUT2D eigenvalue weighted by atomic mass is 9.68. The van der Waals surface area contributed by atoms with Crippen molar-refractivity contribution in [3.8, 4) is 5.75 Å². The summed E-state index contributed by atoms with van der Waals surface area (Å²) in [5.41, 5.74) is 4.64. The second-order valence-corrected chi connectivity index (χ2v) is 19.1. The monoisotopic (exact) mass is 788 g/mol. The summed E-state index contributed by atoms with van der Waals surface area (Å²) in [7, 11) is -1.85. The van der Waals surface area contributed by atoms with Crippen LogP contribution in [0.2, 0.25) is 5.02 Å². The fourth-order valence-electron chi connectivity index (χ4n) is 9.37. The van der Waals surface area contributed by atoms with E-state index >= 15 is 4.21 Å². The van der Waals surface area contributed by atoms with Gasteiger partial charge in [0.1, 0.15) is 15.7 Å². The number of methoxy groups -OCH3 is 1. The molecule has 1 spiro atoms. The molecule has 4 heterocycles. The first-order valence-electron chi connectivity index (χ1n) is 19.9. The van der Waals surface area contributed by atoms with Gasteiger partial charge in [0.25, 0.3) is 11.8 Å². The van der Waals surface area contributed by atoms with E-state index in [0.29, 0.717) is 61.4 Å². The van der Waals surface area contributed by atoms with Gasteiger partial charge in [0.05, 0.1) is 41.9 Å². The van der Waals surface area contributed by atoms with Gasteiger partial charge in [-0.25, -0.2) is 4.21 Å². The Morgan fingerprint density at radius 3 is 2.78 bits per heavy atom. The van der Waals surface area contributed by atoms with Crippen LogP contribution >= 0.6 is 11.6 Å². The number of nitrogens with zero attached hydrogens (tertiary/aromatic N) is 3. The number of fused-ring (bicyclic) bond motifs is 5. The summed E-state index contributed by atoms with van der Waals surface area (Å²) in [6.07, 6.45) is 12.6. The van der Waals surface area contributed by atoms with Gasteiger partial charge in [0, 0.05) is 54.6 Å². The molecule has 294 valence electrons. The van der Waals surface area contributed by atoms with Crippen LogP contribution in [-0.4, -0.2) is 64.9 Å². The van der Waals surface area contributed by atoms with E-state index in [2.05, 4.69) is 45.2 Å². The quantitative estimate of drug-likeness (QED) is 0.268. The van der Waals surface area contributed by atoms with Crippen LogP contribution in [-0.2, 0) is 44.4 Å². The van der Waals surface area contributed by atoms with Gasteiger partial charge in [0.2, 0.25) is 0 Å². The molecule has 12 heteroatoms. The normalized spacial score (nSPS) is 32.5. The largest absolute Gasteiger partial charge is 0.490 e. The van der Waals surface area contributed by atoms with Gasteiger partial charge < -0.3 is 23.7 Å². The van der Waals surface area contributed by atoms with E-state index < -0.39 is 27.0 Å². The molecule has 1 saturated carbocycles. The lowest BCUT2D eigenvalue weighted by Crippen LogP contribution is -2.49. The summed E-state index contributed by atoms with van der Waals surface area (Å²) in [6, 6.07) is 13.4. The molecule has 8 rings (SSSR count). The van der Waals surface area contributed by atoms with Crippen LogP contribution in [0.1, 0.15) is 96.8 Å². The highest BCUT2D eigenvalue weighted by atomic mass is 35.5. The number of ether oxygens (including phenoxy) is 3. The maximum absolute atomic E-state index is 15.1. The Balaban J connectivity index is 1.19. The molecule has 2 aromatic carbocycles. The topological polar surface area (TPSA) is 111 Å². The fraction of sp³-hybridized carbons (Fsp3) is 0.535. The Kier molecular flexibility index (Phi) is 10.7. The van der Waals surface area contributed by atoms with Gasteiger partial charge in [-0.3, -0.25) is 14.3 Å². The first-order chi connectivity index (χ1) is 26.5. The van der Waals surface area contributed by atoms with E-state index in [4.69, 9.17) is 25.8 Å². The number of rotatable bonds is 4. The molecular formula is C43H53ClN4O6S. The Labute approximate surface area is 330 Å². The molecule has 2 bridgehead atoms. The number of aromatic nitrogens is 1. The number of carbonyl (C=O) groups is 2. The number of anilines is 1. The molecule has 1 aromatic heterocycles. The van der Waals surface area contributed by atoms with Gasteiger partial charge in [-0.2, -0.15) is 0 Å². The zero-order valence-corrected chi connectivity index (χ0v) is 33.9. The zero-order chi connectivity index (χ0) is 38.5. The SMILES string of the molecule is CC[C@H]1Cn2cc(C(=O)NS3(=O)=NC(=O)c4ccc5c(c4)N(C[C@@H]4CC[C@H]4[C@@H](OC)/C=C/C[C@H](C)[C@H]3C)C[C@@]3(CCCc4cc(Cl)ccc43)CO5)cc2CO1. The van der Waals surface area contributed by atoms with Crippen LogP contribution in [0.3, 0.4) is 0 Å². The van der Waals surface area contributed by atoms with Crippen molar-refractivity contribution in [1.29, 1.82) is 0 Å². The predicted molar refractivity (Wildman–Crippen MR) is 215 cm³/mol. The number of hydrogen-bond acceptors (Lipinski definition) is 7. The van der Waals surface area contributed by atoms with Crippen molar-refractivity contribution in [2.24, 2.45) is 22.1 Å². The average molecular weight is 789 g/mol. The van der Waals surface area contributed by atoms with Crippen molar-refractivity contribution in [1.82, 2.24) is 9.29 Å². The molecular weight excluding hydrogens is 736 g/mol. The van der Waals surface area contributed by atoms with Crippen molar-refractivity contribution < 1.29 is 28.0 Å².